The molecule has 0 spiro atoms. The molecule has 1 aliphatic rings. The molecule has 0 bridgehead atoms. The van der Waals surface area contributed by atoms with Crippen LogP contribution >= 0.6 is 0 Å². The van der Waals surface area contributed by atoms with Crippen molar-refractivity contribution < 1.29 is 14.7 Å². The third-order valence-corrected chi connectivity index (χ3v) is 3.35. The van der Waals surface area contributed by atoms with E-state index in [1.165, 1.54) is 31.3 Å². The van der Waals surface area contributed by atoms with E-state index in [0.717, 1.165) is 19.6 Å². The molecule has 1 aromatic heterocycles. The average molecular weight is 292 g/mol. The Morgan fingerprint density at radius 2 is 2.10 bits per heavy atom. The zero-order valence-corrected chi connectivity index (χ0v) is 12.0. The predicted octanol–water partition coefficient (Wildman–Crippen LogP) is 1.39. The number of urea groups is 1. The van der Waals surface area contributed by atoms with Crippen LogP contribution in [-0.4, -0.2) is 52.7 Å². The molecule has 114 valence electrons. The summed E-state index contributed by atoms with van der Waals surface area (Å²) >= 11 is 0. The normalized spacial score (nSPS) is 16.4. The van der Waals surface area contributed by atoms with Crippen LogP contribution in [0, 0.1) is 0 Å². The molecule has 7 nitrogen and oxygen atoms in total. The van der Waals surface area contributed by atoms with Gasteiger partial charge in [0.2, 0.25) is 0 Å². The minimum Gasteiger partial charge on any atom is -0.478 e. The fourth-order valence-electron chi connectivity index (χ4n) is 2.41. The van der Waals surface area contributed by atoms with Gasteiger partial charge in [0, 0.05) is 18.8 Å². The van der Waals surface area contributed by atoms with Gasteiger partial charge in [-0.1, -0.05) is 0 Å². The molecule has 2 amide bonds. The van der Waals surface area contributed by atoms with Gasteiger partial charge < -0.3 is 20.6 Å². The zero-order valence-electron chi connectivity index (χ0n) is 12.0. The Kier molecular flexibility index (Phi) is 5.10. The minimum atomic E-state index is -1.08. The molecule has 1 fully saturated rings. The van der Waals surface area contributed by atoms with Crippen molar-refractivity contribution in [2.75, 3.05) is 25.0 Å². The fraction of sp³-hybridized carbons (Fsp3) is 0.500. The number of likely N-dealkylation sites (tertiary alicyclic amines) is 1. The molecule has 0 aromatic carbocycles. The second-order valence-electron chi connectivity index (χ2n) is 5.27. The van der Waals surface area contributed by atoms with Crippen molar-refractivity contribution in [3.63, 3.8) is 0 Å². The molecule has 7 heteroatoms. The summed E-state index contributed by atoms with van der Waals surface area (Å²) in [5.41, 5.74) is 0.402. The Morgan fingerprint density at radius 1 is 1.38 bits per heavy atom. The number of rotatable bonds is 5. The van der Waals surface area contributed by atoms with Crippen molar-refractivity contribution >= 4 is 17.7 Å². The number of nitrogens with zero attached hydrogens (tertiary/aromatic N) is 2. The molecule has 2 heterocycles. The Hall–Kier alpha value is -2.15. The van der Waals surface area contributed by atoms with Crippen LogP contribution in [0.15, 0.2) is 18.5 Å². The molecule has 1 aliphatic heterocycles. The van der Waals surface area contributed by atoms with Gasteiger partial charge in [0.05, 0.1) is 17.4 Å². The minimum absolute atomic E-state index is 0.0266. The lowest BCUT2D eigenvalue weighted by atomic mass is 10.2. The highest BCUT2D eigenvalue weighted by Gasteiger charge is 2.16. The number of carboxylic acid groups (broad SMARTS) is 1. The summed E-state index contributed by atoms with van der Waals surface area (Å²) < 4.78 is 0. The van der Waals surface area contributed by atoms with E-state index < -0.39 is 5.97 Å². The summed E-state index contributed by atoms with van der Waals surface area (Å²) in [5, 5.41) is 14.3. The third-order valence-electron chi connectivity index (χ3n) is 3.35. The Bertz CT molecular complexity index is 515. The molecular weight excluding hydrogens is 272 g/mol. The van der Waals surface area contributed by atoms with Crippen molar-refractivity contribution in [1.82, 2.24) is 15.2 Å². The van der Waals surface area contributed by atoms with E-state index in [1.807, 2.05) is 6.92 Å². The Labute approximate surface area is 123 Å². The van der Waals surface area contributed by atoms with Gasteiger partial charge in [0.1, 0.15) is 0 Å². The van der Waals surface area contributed by atoms with Crippen LogP contribution < -0.4 is 10.6 Å². The molecule has 1 unspecified atom stereocenters. The van der Waals surface area contributed by atoms with Gasteiger partial charge in [-0.15, -0.1) is 0 Å². The number of nitrogens with one attached hydrogen (secondary N) is 2. The molecule has 1 saturated heterocycles. The molecule has 0 aliphatic carbocycles. The number of amides is 2. The largest absolute Gasteiger partial charge is 0.478 e. The number of pyridine rings is 1. The lowest BCUT2D eigenvalue weighted by Crippen LogP contribution is -2.42. The smallest absolute Gasteiger partial charge is 0.337 e. The van der Waals surface area contributed by atoms with Gasteiger partial charge in [-0.3, -0.25) is 4.98 Å². The maximum Gasteiger partial charge on any atom is 0.337 e. The maximum atomic E-state index is 11.9. The van der Waals surface area contributed by atoms with E-state index >= 15 is 0 Å². The molecule has 0 radical (unpaired) electrons. The van der Waals surface area contributed by atoms with Crippen LogP contribution in [0.1, 0.15) is 30.1 Å². The highest BCUT2D eigenvalue weighted by molar-refractivity contribution is 5.92. The van der Waals surface area contributed by atoms with Crippen molar-refractivity contribution in [2.24, 2.45) is 0 Å². The standard InChI is InChI=1S/C14H20N4O3/c1-10(9-18-4-2-3-5-18)16-14(21)17-12-6-11(13(19)20)7-15-8-12/h6-8,10H,2-5,9H2,1H3,(H,19,20)(H2,16,17,21). The number of hydrogen-bond acceptors (Lipinski definition) is 4. The average Bonchev–Trinajstić information content (AvgIpc) is 2.91. The fourth-order valence-corrected chi connectivity index (χ4v) is 2.41. The SMILES string of the molecule is CC(CN1CCCC1)NC(=O)Nc1cncc(C(=O)O)c1. The van der Waals surface area contributed by atoms with E-state index in [1.54, 1.807) is 0 Å². The van der Waals surface area contributed by atoms with Gasteiger partial charge in [0.15, 0.2) is 0 Å². The monoisotopic (exact) mass is 292 g/mol. The third kappa shape index (κ3) is 4.71. The molecule has 3 N–H and O–H groups in total. The first-order valence-electron chi connectivity index (χ1n) is 7.03. The number of aromatic carboxylic acids is 1. The Morgan fingerprint density at radius 3 is 2.76 bits per heavy atom. The van der Waals surface area contributed by atoms with E-state index in [9.17, 15) is 9.59 Å². The first-order valence-corrected chi connectivity index (χ1v) is 7.03. The lowest BCUT2D eigenvalue weighted by molar-refractivity contribution is 0.0696. The van der Waals surface area contributed by atoms with Crippen molar-refractivity contribution in [3.8, 4) is 0 Å². The van der Waals surface area contributed by atoms with Crippen LogP contribution in [0.5, 0.6) is 0 Å². The van der Waals surface area contributed by atoms with E-state index in [4.69, 9.17) is 5.11 Å². The maximum absolute atomic E-state index is 11.9. The second-order valence-corrected chi connectivity index (χ2v) is 5.27. The van der Waals surface area contributed by atoms with Crippen LogP contribution in [0.2, 0.25) is 0 Å². The number of carbonyl (C=O) groups excluding carboxylic acids is 1. The van der Waals surface area contributed by atoms with Gasteiger partial charge >= 0.3 is 12.0 Å². The molecule has 0 saturated carbocycles. The van der Waals surface area contributed by atoms with Gasteiger partial charge in [-0.05, 0) is 38.9 Å². The number of carbonyl (C=O) groups is 2. The molecule has 1 aromatic rings. The predicted molar refractivity (Wildman–Crippen MR) is 78.5 cm³/mol. The summed E-state index contributed by atoms with van der Waals surface area (Å²) in [6.07, 6.45) is 5.08. The molecule has 2 rings (SSSR count). The summed E-state index contributed by atoms with van der Waals surface area (Å²) in [5.74, 6) is -1.08. The quantitative estimate of drug-likeness (QED) is 0.762. The van der Waals surface area contributed by atoms with Crippen molar-refractivity contribution in [3.05, 3.63) is 24.0 Å². The highest BCUT2D eigenvalue weighted by atomic mass is 16.4. The summed E-state index contributed by atoms with van der Waals surface area (Å²) in [6.45, 7) is 4.93. The van der Waals surface area contributed by atoms with E-state index in [2.05, 4.69) is 20.5 Å². The first kappa shape index (κ1) is 15.2. The van der Waals surface area contributed by atoms with Crippen LogP contribution in [0.3, 0.4) is 0 Å². The molecular formula is C14H20N4O3. The number of anilines is 1. The van der Waals surface area contributed by atoms with E-state index in [-0.39, 0.29) is 17.6 Å². The highest BCUT2D eigenvalue weighted by Crippen LogP contribution is 2.09. The number of aromatic nitrogens is 1. The topological polar surface area (TPSA) is 94.6 Å². The van der Waals surface area contributed by atoms with Crippen molar-refractivity contribution in [2.45, 2.75) is 25.8 Å². The lowest BCUT2D eigenvalue weighted by Gasteiger charge is -2.21. The Balaban J connectivity index is 1.83. The van der Waals surface area contributed by atoms with Crippen LogP contribution in [0.25, 0.3) is 0 Å². The van der Waals surface area contributed by atoms with E-state index in [0.29, 0.717) is 5.69 Å². The molecule has 1 atom stereocenters. The summed E-state index contributed by atoms with van der Waals surface area (Å²) in [7, 11) is 0. The zero-order chi connectivity index (χ0) is 15.2. The van der Waals surface area contributed by atoms with Crippen LogP contribution in [0.4, 0.5) is 10.5 Å². The van der Waals surface area contributed by atoms with Crippen molar-refractivity contribution in [1.29, 1.82) is 0 Å². The second kappa shape index (κ2) is 7.03. The first-order chi connectivity index (χ1) is 10.0. The van der Waals surface area contributed by atoms with Gasteiger partial charge in [0.25, 0.3) is 0 Å². The number of hydrogen-bond donors (Lipinski definition) is 3. The number of carboxylic acids is 1. The summed E-state index contributed by atoms with van der Waals surface area (Å²) in [4.78, 5) is 28.8. The van der Waals surface area contributed by atoms with Crippen LogP contribution in [-0.2, 0) is 0 Å². The summed E-state index contributed by atoms with van der Waals surface area (Å²) in [6, 6.07) is 1.05. The van der Waals surface area contributed by atoms with Gasteiger partial charge in [-0.25, -0.2) is 9.59 Å². The van der Waals surface area contributed by atoms with Gasteiger partial charge in [-0.2, -0.15) is 0 Å². The molecule has 21 heavy (non-hydrogen) atoms.